The monoisotopic (exact) mass is 337 g/mol. The summed E-state index contributed by atoms with van der Waals surface area (Å²) in [5.41, 5.74) is 4.25. The minimum atomic E-state index is -0.431. The van der Waals surface area contributed by atoms with Gasteiger partial charge in [-0.25, -0.2) is 0 Å². The van der Waals surface area contributed by atoms with E-state index in [0.29, 0.717) is 12.3 Å². The molecule has 0 unspecified atom stereocenters. The van der Waals surface area contributed by atoms with E-state index in [1.165, 1.54) is 5.56 Å². The Labute approximate surface area is 148 Å². The molecule has 1 atom stereocenters. The number of carbonyl (C=O) groups excluding carboxylic acids is 2. The Morgan fingerprint density at radius 1 is 1.12 bits per heavy atom. The molecule has 0 radical (unpaired) electrons. The molecule has 1 fully saturated rings. The number of amides is 1. The summed E-state index contributed by atoms with van der Waals surface area (Å²) >= 11 is 0. The van der Waals surface area contributed by atoms with E-state index in [4.69, 9.17) is 4.74 Å². The summed E-state index contributed by atoms with van der Waals surface area (Å²) in [6.07, 6.45) is 1.13. The first-order valence-corrected chi connectivity index (χ1v) is 8.65. The van der Waals surface area contributed by atoms with Crippen molar-refractivity contribution < 1.29 is 14.3 Å². The van der Waals surface area contributed by atoms with Gasteiger partial charge in [-0.2, -0.15) is 0 Å². The zero-order valence-electron chi connectivity index (χ0n) is 14.9. The minimum absolute atomic E-state index is 0.0340. The number of hydrogen-bond acceptors (Lipinski definition) is 3. The van der Waals surface area contributed by atoms with Gasteiger partial charge in [0.1, 0.15) is 5.75 Å². The molecule has 2 aromatic rings. The SMILES string of the molecule is CCc1ccc(OC(=O)[C@H]2CC(=O)N(c3cc(C)cc(C)c3)C2)cc1. The highest BCUT2D eigenvalue weighted by atomic mass is 16.5. The third kappa shape index (κ3) is 3.90. The summed E-state index contributed by atoms with van der Waals surface area (Å²) in [5, 5.41) is 0. The van der Waals surface area contributed by atoms with E-state index in [1.807, 2.05) is 38.1 Å². The van der Waals surface area contributed by atoms with Crippen LogP contribution in [-0.4, -0.2) is 18.4 Å². The largest absolute Gasteiger partial charge is 0.426 e. The first-order chi connectivity index (χ1) is 12.0. The van der Waals surface area contributed by atoms with Crippen LogP contribution in [0.5, 0.6) is 5.75 Å². The molecule has 1 amide bonds. The fourth-order valence-electron chi connectivity index (χ4n) is 3.21. The number of hydrogen-bond donors (Lipinski definition) is 0. The van der Waals surface area contributed by atoms with Gasteiger partial charge < -0.3 is 9.64 Å². The third-order valence-electron chi connectivity index (χ3n) is 4.53. The molecule has 130 valence electrons. The maximum Gasteiger partial charge on any atom is 0.316 e. The van der Waals surface area contributed by atoms with Crippen molar-refractivity contribution in [2.45, 2.75) is 33.6 Å². The summed E-state index contributed by atoms with van der Waals surface area (Å²) in [6, 6.07) is 13.5. The van der Waals surface area contributed by atoms with Gasteiger partial charge in [-0.1, -0.05) is 25.1 Å². The molecular weight excluding hydrogens is 314 g/mol. The number of carbonyl (C=O) groups is 2. The topological polar surface area (TPSA) is 46.6 Å². The zero-order valence-corrected chi connectivity index (χ0v) is 14.9. The number of nitrogens with zero attached hydrogens (tertiary/aromatic N) is 1. The van der Waals surface area contributed by atoms with Crippen LogP contribution in [0, 0.1) is 19.8 Å². The first-order valence-electron chi connectivity index (χ1n) is 8.65. The number of anilines is 1. The molecule has 1 aliphatic heterocycles. The quantitative estimate of drug-likeness (QED) is 0.629. The Morgan fingerprint density at radius 2 is 1.76 bits per heavy atom. The number of ether oxygens (including phenoxy) is 1. The average Bonchev–Trinajstić information content (AvgIpc) is 2.97. The van der Waals surface area contributed by atoms with Gasteiger partial charge in [-0.3, -0.25) is 9.59 Å². The van der Waals surface area contributed by atoms with Crippen LogP contribution >= 0.6 is 0 Å². The van der Waals surface area contributed by atoms with Crippen LogP contribution < -0.4 is 9.64 Å². The Balaban J connectivity index is 1.69. The summed E-state index contributed by atoms with van der Waals surface area (Å²) in [5.74, 6) is -0.281. The normalized spacial score (nSPS) is 17.0. The lowest BCUT2D eigenvalue weighted by Crippen LogP contribution is -2.27. The van der Waals surface area contributed by atoms with Crippen LogP contribution in [0.1, 0.15) is 30.0 Å². The molecule has 0 spiro atoms. The van der Waals surface area contributed by atoms with Crippen molar-refractivity contribution in [2.75, 3.05) is 11.4 Å². The highest BCUT2D eigenvalue weighted by Gasteiger charge is 2.36. The molecule has 0 aliphatic carbocycles. The van der Waals surface area contributed by atoms with E-state index in [2.05, 4.69) is 13.0 Å². The van der Waals surface area contributed by atoms with Gasteiger partial charge in [0.2, 0.25) is 5.91 Å². The van der Waals surface area contributed by atoms with Crippen LogP contribution in [0.25, 0.3) is 0 Å². The Hall–Kier alpha value is -2.62. The Morgan fingerprint density at radius 3 is 2.36 bits per heavy atom. The molecule has 1 aliphatic rings. The summed E-state index contributed by atoms with van der Waals surface area (Å²) in [7, 11) is 0. The predicted molar refractivity (Wildman–Crippen MR) is 97.8 cm³/mol. The molecular formula is C21H23NO3. The number of aryl methyl sites for hydroxylation is 3. The van der Waals surface area contributed by atoms with Crippen molar-refractivity contribution in [3.63, 3.8) is 0 Å². The van der Waals surface area contributed by atoms with Crippen LogP contribution in [0.2, 0.25) is 0 Å². The van der Waals surface area contributed by atoms with Crippen molar-refractivity contribution in [3.8, 4) is 5.75 Å². The molecule has 3 rings (SSSR count). The molecule has 1 saturated heterocycles. The van der Waals surface area contributed by atoms with Gasteiger partial charge in [0.05, 0.1) is 5.92 Å². The summed E-state index contributed by atoms with van der Waals surface area (Å²) in [6.45, 7) is 6.45. The fourth-order valence-corrected chi connectivity index (χ4v) is 3.21. The molecule has 0 N–H and O–H groups in total. The van der Waals surface area contributed by atoms with Crippen molar-refractivity contribution in [3.05, 3.63) is 59.2 Å². The zero-order chi connectivity index (χ0) is 18.0. The van der Waals surface area contributed by atoms with E-state index >= 15 is 0 Å². The second-order valence-electron chi connectivity index (χ2n) is 6.67. The predicted octanol–water partition coefficient (Wildman–Crippen LogP) is 3.82. The van der Waals surface area contributed by atoms with E-state index in [0.717, 1.165) is 23.2 Å². The average molecular weight is 337 g/mol. The van der Waals surface area contributed by atoms with Gasteiger partial charge in [0.25, 0.3) is 0 Å². The lowest BCUT2D eigenvalue weighted by atomic mass is 10.1. The highest BCUT2D eigenvalue weighted by Crippen LogP contribution is 2.28. The Bertz CT molecular complexity index is 775. The minimum Gasteiger partial charge on any atom is -0.426 e. The van der Waals surface area contributed by atoms with Gasteiger partial charge in [0.15, 0.2) is 0 Å². The second-order valence-corrected chi connectivity index (χ2v) is 6.67. The lowest BCUT2D eigenvalue weighted by Gasteiger charge is -2.18. The van der Waals surface area contributed by atoms with E-state index in [1.54, 1.807) is 17.0 Å². The molecule has 4 nitrogen and oxygen atoms in total. The van der Waals surface area contributed by atoms with Crippen molar-refractivity contribution >= 4 is 17.6 Å². The van der Waals surface area contributed by atoms with Gasteiger partial charge in [-0.15, -0.1) is 0 Å². The number of benzene rings is 2. The maximum absolute atomic E-state index is 12.4. The van der Waals surface area contributed by atoms with Gasteiger partial charge in [0, 0.05) is 18.7 Å². The van der Waals surface area contributed by atoms with Crippen LogP contribution in [0.3, 0.4) is 0 Å². The van der Waals surface area contributed by atoms with Crippen LogP contribution in [0.4, 0.5) is 5.69 Å². The molecule has 0 saturated carbocycles. The molecule has 4 heteroatoms. The van der Waals surface area contributed by atoms with E-state index < -0.39 is 5.92 Å². The smallest absolute Gasteiger partial charge is 0.316 e. The molecule has 0 bridgehead atoms. The first kappa shape index (κ1) is 17.2. The molecule has 0 aromatic heterocycles. The number of esters is 1. The standard InChI is InChI=1S/C21H23NO3/c1-4-16-5-7-19(8-6-16)25-21(24)17-12-20(23)22(13-17)18-10-14(2)9-15(3)11-18/h5-11,17H,4,12-13H2,1-3H3/t17-/m0/s1. The lowest BCUT2D eigenvalue weighted by molar-refractivity contribution is -0.139. The molecule has 1 heterocycles. The highest BCUT2D eigenvalue weighted by molar-refractivity contribution is 5.99. The van der Waals surface area contributed by atoms with Crippen molar-refractivity contribution in [1.82, 2.24) is 0 Å². The second kappa shape index (κ2) is 7.09. The number of rotatable bonds is 4. The summed E-state index contributed by atoms with van der Waals surface area (Å²) in [4.78, 5) is 26.5. The fraction of sp³-hybridized carbons (Fsp3) is 0.333. The molecule has 2 aromatic carbocycles. The maximum atomic E-state index is 12.4. The third-order valence-corrected chi connectivity index (χ3v) is 4.53. The molecule has 25 heavy (non-hydrogen) atoms. The summed E-state index contributed by atoms with van der Waals surface area (Å²) < 4.78 is 5.46. The van der Waals surface area contributed by atoms with E-state index in [-0.39, 0.29) is 18.3 Å². The van der Waals surface area contributed by atoms with Gasteiger partial charge in [-0.05, 0) is 61.2 Å². The Kier molecular flexibility index (Phi) is 4.88. The van der Waals surface area contributed by atoms with Crippen LogP contribution in [-0.2, 0) is 16.0 Å². The van der Waals surface area contributed by atoms with E-state index in [9.17, 15) is 9.59 Å². The van der Waals surface area contributed by atoms with Crippen molar-refractivity contribution in [2.24, 2.45) is 5.92 Å². The van der Waals surface area contributed by atoms with Gasteiger partial charge >= 0.3 is 5.97 Å². The van der Waals surface area contributed by atoms with Crippen LogP contribution in [0.15, 0.2) is 42.5 Å². The van der Waals surface area contributed by atoms with Crippen molar-refractivity contribution in [1.29, 1.82) is 0 Å².